The predicted molar refractivity (Wildman–Crippen MR) is 147 cm³/mol. The van der Waals surface area contributed by atoms with Crippen LogP contribution in [0.2, 0.25) is 0 Å². The maximum atomic E-state index is 13.3. The molecular weight excluding hydrogens is 504 g/mol. The summed E-state index contributed by atoms with van der Waals surface area (Å²) in [6.07, 6.45) is 2.37. The molecule has 1 aromatic heterocycles. The van der Waals surface area contributed by atoms with Crippen molar-refractivity contribution < 1.29 is 29.4 Å². The number of rotatable bonds is 16. The molecule has 10 N–H and O–H groups in total. The average Bonchev–Trinajstić information content (AvgIpc) is 3.31. The molecular formula is C27H42N6O6. The van der Waals surface area contributed by atoms with Crippen molar-refractivity contribution >= 4 is 34.6 Å². The fraction of sp³-hybridized carbons (Fsp3) is 0.556. The van der Waals surface area contributed by atoms with E-state index in [1.165, 1.54) is 6.92 Å². The van der Waals surface area contributed by atoms with Crippen LogP contribution in [-0.4, -0.2) is 75.7 Å². The molecule has 216 valence electrons. The van der Waals surface area contributed by atoms with Gasteiger partial charge >= 0.3 is 5.97 Å². The minimum absolute atomic E-state index is 0.0313. The smallest absolute Gasteiger partial charge is 0.326 e. The van der Waals surface area contributed by atoms with Gasteiger partial charge in [0.15, 0.2) is 0 Å². The average molecular weight is 547 g/mol. The van der Waals surface area contributed by atoms with Gasteiger partial charge in [0, 0.05) is 23.5 Å². The number of benzene rings is 1. The highest BCUT2D eigenvalue weighted by Crippen LogP contribution is 2.19. The summed E-state index contributed by atoms with van der Waals surface area (Å²) in [5.74, 6) is -3.47. The number of hydrogen-bond acceptors (Lipinski definition) is 7. The van der Waals surface area contributed by atoms with E-state index in [-0.39, 0.29) is 18.8 Å². The molecule has 1 heterocycles. The normalized spacial score (nSPS) is 15.9. The molecule has 0 aliphatic rings. The number of aliphatic hydroxyl groups is 1. The topological polar surface area (TPSA) is 213 Å². The van der Waals surface area contributed by atoms with E-state index in [0.717, 1.165) is 16.5 Å². The van der Waals surface area contributed by atoms with Crippen molar-refractivity contribution in [2.24, 2.45) is 17.4 Å². The van der Waals surface area contributed by atoms with Crippen molar-refractivity contribution in [1.82, 2.24) is 20.9 Å². The largest absolute Gasteiger partial charge is 0.480 e. The first-order valence-electron chi connectivity index (χ1n) is 13.3. The SMILES string of the molecule is CCC(C)C(N)C(=O)NC(C(=O)NC(Cc1c[nH]c2ccccc12)C(=O)NC(CCCCN)C(=O)O)C(C)O. The van der Waals surface area contributed by atoms with Gasteiger partial charge in [-0.2, -0.15) is 0 Å². The quantitative estimate of drug-likeness (QED) is 0.135. The lowest BCUT2D eigenvalue weighted by Crippen LogP contribution is -2.60. The zero-order valence-corrected chi connectivity index (χ0v) is 22.8. The molecule has 39 heavy (non-hydrogen) atoms. The number of carboxylic acids is 1. The number of unbranched alkanes of at least 4 members (excludes halogenated alkanes) is 1. The summed E-state index contributed by atoms with van der Waals surface area (Å²) in [6, 6.07) is 2.77. The number of H-pyrrole nitrogens is 1. The van der Waals surface area contributed by atoms with E-state index in [1.54, 1.807) is 13.1 Å². The van der Waals surface area contributed by atoms with Crippen LogP contribution < -0.4 is 27.4 Å². The van der Waals surface area contributed by atoms with Gasteiger partial charge in [-0.3, -0.25) is 14.4 Å². The van der Waals surface area contributed by atoms with Gasteiger partial charge in [-0.05, 0) is 50.3 Å². The van der Waals surface area contributed by atoms with Crippen molar-refractivity contribution in [3.05, 3.63) is 36.0 Å². The number of aliphatic carboxylic acids is 1. The Morgan fingerprint density at radius 3 is 2.26 bits per heavy atom. The molecule has 3 amide bonds. The van der Waals surface area contributed by atoms with E-state index in [0.29, 0.717) is 25.8 Å². The lowest BCUT2D eigenvalue weighted by Gasteiger charge is -2.27. The molecule has 1 aromatic carbocycles. The molecule has 0 spiro atoms. The third-order valence-electron chi connectivity index (χ3n) is 6.92. The predicted octanol–water partition coefficient (Wildman–Crippen LogP) is 0.133. The monoisotopic (exact) mass is 546 g/mol. The summed E-state index contributed by atoms with van der Waals surface area (Å²) >= 11 is 0. The standard InChI is InChI=1S/C27H42N6O6/c1-4-15(2)22(29)25(36)33-23(16(3)34)26(37)32-21(13-17-14-30-19-10-6-5-9-18(17)19)24(35)31-20(27(38)39)11-7-8-12-28/h5-6,9-10,14-16,20-23,30,34H,4,7-8,11-13,28-29H2,1-3H3,(H,31,35)(H,32,37)(H,33,36)(H,38,39). The second-order valence-corrected chi connectivity index (χ2v) is 9.95. The lowest BCUT2D eigenvalue weighted by molar-refractivity contribution is -0.142. The van der Waals surface area contributed by atoms with Gasteiger partial charge in [0.05, 0.1) is 12.1 Å². The molecule has 12 nitrogen and oxygen atoms in total. The second-order valence-electron chi connectivity index (χ2n) is 9.95. The number of hydrogen-bond donors (Lipinski definition) is 8. The minimum Gasteiger partial charge on any atom is -0.480 e. The van der Waals surface area contributed by atoms with Gasteiger partial charge in [0.25, 0.3) is 0 Å². The third kappa shape index (κ3) is 9.05. The van der Waals surface area contributed by atoms with E-state index in [4.69, 9.17) is 11.5 Å². The Morgan fingerprint density at radius 2 is 1.64 bits per heavy atom. The van der Waals surface area contributed by atoms with E-state index < -0.39 is 54.0 Å². The number of para-hydroxylation sites is 1. The molecule has 0 fully saturated rings. The summed E-state index contributed by atoms with van der Waals surface area (Å²) in [4.78, 5) is 54.2. The third-order valence-corrected chi connectivity index (χ3v) is 6.92. The fourth-order valence-corrected chi connectivity index (χ4v) is 4.18. The second kappa shape index (κ2) is 15.2. The van der Waals surface area contributed by atoms with E-state index in [2.05, 4.69) is 20.9 Å². The lowest BCUT2D eigenvalue weighted by atomic mass is 9.98. The van der Waals surface area contributed by atoms with Crippen molar-refractivity contribution in [1.29, 1.82) is 0 Å². The summed E-state index contributed by atoms with van der Waals surface area (Å²) in [6.45, 7) is 5.42. The van der Waals surface area contributed by atoms with Gasteiger partial charge in [0.2, 0.25) is 17.7 Å². The molecule has 0 aliphatic carbocycles. The zero-order valence-electron chi connectivity index (χ0n) is 22.8. The fourth-order valence-electron chi connectivity index (χ4n) is 4.18. The first-order valence-corrected chi connectivity index (χ1v) is 13.3. The van der Waals surface area contributed by atoms with Crippen LogP contribution in [0.5, 0.6) is 0 Å². The number of aromatic nitrogens is 1. The molecule has 0 radical (unpaired) electrons. The maximum absolute atomic E-state index is 13.3. The number of nitrogens with one attached hydrogen (secondary N) is 4. The van der Waals surface area contributed by atoms with E-state index >= 15 is 0 Å². The Kier molecular flexibility index (Phi) is 12.4. The Labute approximate surface area is 228 Å². The van der Waals surface area contributed by atoms with Crippen LogP contribution in [0.25, 0.3) is 10.9 Å². The number of amides is 3. The van der Waals surface area contributed by atoms with Gasteiger partial charge < -0.3 is 42.6 Å². The Bertz CT molecular complexity index is 1120. The molecule has 0 saturated carbocycles. The van der Waals surface area contributed by atoms with Crippen LogP contribution in [-0.2, 0) is 25.6 Å². The maximum Gasteiger partial charge on any atom is 0.326 e. The number of carbonyl (C=O) groups excluding carboxylic acids is 3. The molecule has 6 atom stereocenters. The highest BCUT2D eigenvalue weighted by Gasteiger charge is 2.33. The van der Waals surface area contributed by atoms with Gasteiger partial charge in [-0.15, -0.1) is 0 Å². The van der Waals surface area contributed by atoms with Crippen LogP contribution in [0, 0.1) is 5.92 Å². The number of carbonyl (C=O) groups is 4. The zero-order chi connectivity index (χ0) is 29.1. The van der Waals surface area contributed by atoms with Gasteiger partial charge in [-0.1, -0.05) is 38.5 Å². The number of nitrogens with two attached hydrogens (primary N) is 2. The van der Waals surface area contributed by atoms with Crippen molar-refractivity contribution in [2.75, 3.05) is 6.54 Å². The van der Waals surface area contributed by atoms with Crippen LogP contribution in [0.4, 0.5) is 0 Å². The van der Waals surface area contributed by atoms with E-state index in [1.807, 2.05) is 31.2 Å². The minimum atomic E-state index is -1.38. The van der Waals surface area contributed by atoms with Gasteiger partial charge in [0.1, 0.15) is 18.1 Å². The molecule has 6 unspecified atom stereocenters. The Hall–Kier alpha value is -3.48. The summed E-state index contributed by atoms with van der Waals surface area (Å²) < 4.78 is 0. The summed E-state index contributed by atoms with van der Waals surface area (Å²) in [5, 5.41) is 28.4. The molecule has 12 heteroatoms. The number of fused-ring (bicyclic) bond motifs is 1. The number of carboxylic acid groups (broad SMARTS) is 1. The number of aromatic amines is 1. The first-order chi connectivity index (χ1) is 18.5. The highest BCUT2D eigenvalue weighted by molar-refractivity contribution is 5.95. The van der Waals surface area contributed by atoms with Crippen molar-refractivity contribution in [3.8, 4) is 0 Å². The molecule has 0 saturated heterocycles. The van der Waals surface area contributed by atoms with Crippen molar-refractivity contribution in [2.45, 2.75) is 83.1 Å². The molecule has 2 rings (SSSR count). The van der Waals surface area contributed by atoms with Crippen LogP contribution in [0.1, 0.15) is 52.0 Å². The van der Waals surface area contributed by atoms with Gasteiger partial charge in [-0.25, -0.2) is 4.79 Å². The van der Waals surface area contributed by atoms with Crippen molar-refractivity contribution in [3.63, 3.8) is 0 Å². The molecule has 0 aliphatic heterocycles. The highest BCUT2D eigenvalue weighted by atomic mass is 16.4. The molecule has 2 aromatic rings. The number of aliphatic hydroxyl groups excluding tert-OH is 1. The summed E-state index contributed by atoms with van der Waals surface area (Å²) in [5.41, 5.74) is 13.0. The first kappa shape index (κ1) is 31.7. The van der Waals surface area contributed by atoms with Crippen LogP contribution in [0.15, 0.2) is 30.5 Å². The Morgan fingerprint density at radius 1 is 0.974 bits per heavy atom. The van der Waals surface area contributed by atoms with E-state index in [9.17, 15) is 29.4 Å². The molecule has 0 bridgehead atoms. The van der Waals surface area contributed by atoms with Crippen LogP contribution >= 0.6 is 0 Å². The summed E-state index contributed by atoms with van der Waals surface area (Å²) in [7, 11) is 0. The van der Waals surface area contributed by atoms with Crippen LogP contribution in [0.3, 0.4) is 0 Å². The Balaban J connectivity index is 2.29.